The van der Waals surface area contributed by atoms with Crippen LogP contribution in [0.3, 0.4) is 0 Å². The number of alkyl halides is 3. The van der Waals surface area contributed by atoms with Crippen LogP contribution in [0.15, 0.2) is 30.3 Å². The fourth-order valence-electron chi connectivity index (χ4n) is 2.94. The molecule has 0 bridgehead atoms. The third kappa shape index (κ3) is 5.53. The van der Waals surface area contributed by atoms with Gasteiger partial charge in [-0.05, 0) is 43.0 Å². The first-order chi connectivity index (χ1) is 13.8. The Balaban J connectivity index is 1.51. The van der Waals surface area contributed by atoms with Crippen molar-refractivity contribution in [1.29, 1.82) is 0 Å². The lowest BCUT2D eigenvalue weighted by molar-refractivity contribution is -0.141. The number of benzene rings is 1. The van der Waals surface area contributed by atoms with E-state index in [-0.39, 0.29) is 23.4 Å². The fourth-order valence-corrected chi connectivity index (χ4v) is 3.33. The summed E-state index contributed by atoms with van der Waals surface area (Å²) in [6, 6.07) is 7.22. The molecule has 9 heteroatoms. The van der Waals surface area contributed by atoms with Crippen molar-refractivity contribution in [3.05, 3.63) is 52.3 Å². The molecule has 1 amide bonds. The number of amides is 1. The van der Waals surface area contributed by atoms with Crippen LogP contribution in [0, 0.1) is 0 Å². The molecule has 1 fully saturated rings. The van der Waals surface area contributed by atoms with Crippen molar-refractivity contribution in [1.82, 2.24) is 15.1 Å². The predicted octanol–water partition coefficient (Wildman–Crippen LogP) is 4.66. The maximum absolute atomic E-state index is 13.1. The predicted molar refractivity (Wildman–Crippen MR) is 104 cm³/mol. The van der Waals surface area contributed by atoms with Gasteiger partial charge in [-0.15, -0.1) is 0 Å². The van der Waals surface area contributed by atoms with E-state index in [1.54, 1.807) is 25.3 Å². The van der Waals surface area contributed by atoms with Gasteiger partial charge in [-0.25, -0.2) is 0 Å². The third-order valence-electron chi connectivity index (χ3n) is 4.55. The molecule has 29 heavy (non-hydrogen) atoms. The van der Waals surface area contributed by atoms with E-state index in [1.807, 2.05) is 12.1 Å². The van der Waals surface area contributed by atoms with Gasteiger partial charge in [-0.2, -0.15) is 18.3 Å². The van der Waals surface area contributed by atoms with Gasteiger partial charge in [0.25, 0.3) is 0 Å². The Morgan fingerprint density at radius 1 is 1.34 bits per heavy atom. The van der Waals surface area contributed by atoms with Crippen LogP contribution in [-0.4, -0.2) is 29.3 Å². The smallest absolute Gasteiger partial charge is 0.436 e. The Hall–Kier alpha value is -2.48. The lowest BCUT2D eigenvalue weighted by Crippen LogP contribution is -2.23. The van der Waals surface area contributed by atoms with E-state index < -0.39 is 11.9 Å². The van der Waals surface area contributed by atoms with E-state index in [4.69, 9.17) is 16.3 Å². The highest BCUT2D eigenvalue weighted by Gasteiger charge is 2.41. The van der Waals surface area contributed by atoms with Crippen molar-refractivity contribution >= 4 is 23.6 Å². The first-order valence-electron chi connectivity index (χ1n) is 9.23. The van der Waals surface area contributed by atoms with Crippen molar-refractivity contribution < 1.29 is 22.7 Å². The Kier molecular flexibility index (Phi) is 6.52. The molecule has 0 unspecified atom stereocenters. The number of hydrogen-bond donors (Lipinski definition) is 1. The highest BCUT2D eigenvalue weighted by Crippen LogP contribution is 2.46. The van der Waals surface area contributed by atoms with Gasteiger partial charge in [0.1, 0.15) is 5.75 Å². The number of nitrogens with zero attached hydrogens (tertiary/aromatic N) is 2. The Bertz CT molecular complexity index is 888. The molecule has 3 rings (SSSR count). The minimum absolute atomic E-state index is 0.0353. The summed E-state index contributed by atoms with van der Waals surface area (Å²) >= 11 is 5.94. The first-order valence-corrected chi connectivity index (χ1v) is 9.60. The zero-order chi connectivity index (χ0) is 21.0. The monoisotopic (exact) mass is 427 g/mol. The number of aromatic nitrogens is 2. The van der Waals surface area contributed by atoms with Crippen LogP contribution in [0.25, 0.3) is 6.08 Å². The topological polar surface area (TPSA) is 56.1 Å². The van der Waals surface area contributed by atoms with Gasteiger partial charge in [0.2, 0.25) is 5.91 Å². The van der Waals surface area contributed by atoms with E-state index in [9.17, 15) is 18.0 Å². The number of nitrogens with one attached hydrogen (secondary N) is 1. The number of methoxy groups -OCH3 is 1. The lowest BCUT2D eigenvalue weighted by atomic mass is 10.2. The van der Waals surface area contributed by atoms with Gasteiger partial charge in [-0.3, -0.25) is 9.48 Å². The van der Waals surface area contributed by atoms with E-state index in [0.29, 0.717) is 18.7 Å². The summed E-state index contributed by atoms with van der Waals surface area (Å²) < 4.78 is 45.6. The molecule has 0 radical (unpaired) electrons. The maximum Gasteiger partial charge on any atom is 0.436 e. The van der Waals surface area contributed by atoms with Gasteiger partial charge in [-0.1, -0.05) is 23.7 Å². The fraction of sp³-hybridized carbons (Fsp3) is 0.400. The molecule has 1 saturated carbocycles. The van der Waals surface area contributed by atoms with E-state index in [2.05, 4.69) is 10.4 Å². The van der Waals surface area contributed by atoms with E-state index >= 15 is 0 Å². The number of hydrogen-bond acceptors (Lipinski definition) is 3. The van der Waals surface area contributed by atoms with Gasteiger partial charge in [0, 0.05) is 25.1 Å². The Morgan fingerprint density at radius 2 is 2.03 bits per heavy atom. The number of carbonyl (C=O) groups excluding carboxylic acids is 1. The van der Waals surface area contributed by atoms with Crippen molar-refractivity contribution in [2.24, 2.45) is 0 Å². The second-order valence-corrected chi connectivity index (χ2v) is 7.17. The zero-order valence-corrected chi connectivity index (χ0v) is 16.6. The van der Waals surface area contributed by atoms with Crippen LogP contribution in [0.1, 0.15) is 42.1 Å². The zero-order valence-electron chi connectivity index (χ0n) is 15.8. The third-order valence-corrected chi connectivity index (χ3v) is 4.93. The molecule has 1 aromatic carbocycles. The summed E-state index contributed by atoms with van der Waals surface area (Å²) in [5.74, 6) is 0.482. The van der Waals surface area contributed by atoms with Gasteiger partial charge >= 0.3 is 6.18 Å². The lowest BCUT2D eigenvalue weighted by Gasteiger charge is -2.07. The SMILES string of the molecule is COc1ccc(/C=C/C(=O)NCCCn2nc(C(F)(F)F)c(Cl)c2C2CC2)cc1. The molecule has 2 aromatic rings. The Morgan fingerprint density at radius 3 is 2.62 bits per heavy atom. The van der Waals surface area contributed by atoms with Crippen molar-refractivity contribution in [2.75, 3.05) is 13.7 Å². The molecular weight excluding hydrogens is 407 g/mol. The first kappa shape index (κ1) is 21.2. The summed E-state index contributed by atoms with van der Waals surface area (Å²) in [6.07, 6.45) is 0.571. The Labute approximate surface area is 171 Å². The summed E-state index contributed by atoms with van der Waals surface area (Å²) in [5.41, 5.74) is 0.262. The normalized spacial score (nSPS) is 14.4. The van der Waals surface area contributed by atoms with Crippen molar-refractivity contribution in [3.8, 4) is 5.75 Å². The molecule has 1 N–H and O–H groups in total. The summed E-state index contributed by atoms with van der Waals surface area (Å²) in [4.78, 5) is 11.9. The average Bonchev–Trinajstić information content (AvgIpc) is 3.46. The number of halogens is 4. The van der Waals surface area contributed by atoms with Crippen molar-refractivity contribution in [2.45, 2.75) is 37.9 Å². The van der Waals surface area contributed by atoms with Crippen LogP contribution in [0.5, 0.6) is 5.75 Å². The number of ether oxygens (including phenoxy) is 1. The number of aryl methyl sites for hydroxylation is 1. The van der Waals surface area contributed by atoms with Crippen LogP contribution >= 0.6 is 11.6 Å². The standard InChI is InChI=1S/C20H21ClF3N3O2/c1-29-15-8-3-13(4-9-15)5-10-16(28)25-11-2-12-27-18(14-6-7-14)17(21)19(26-27)20(22,23)24/h3-5,8-10,14H,2,6-7,11-12H2,1H3,(H,25,28)/b10-5+. The molecule has 1 aliphatic rings. The minimum Gasteiger partial charge on any atom is -0.497 e. The average molecular weight is 428 g/mol. The molecule has 0 atom stereocenters. The van der Waals surface area contributed by atoms with Gasteiger partial charge < -0.3 is 10.1 Å². The van der Waals surface area contributed by atoms with E-state index in [1.165, 1.54) is 10.8 Å². The quantitative estimate of drug-likeness (QED) is 0.492. The molecule has 1 heterocycles. The largest absolute Gasteiger partial charge is 0.497 e. The molecule has 5 nitrogen and oxygen atoms in total. The summed E-state index contributed by atoms with van der Waals surface area (Å²) in [5, 5.41) is 6.09. The van der Waals surface area contributed by atoms with Crippen LogP contribution in [0.4, 0.5) is 13.2 Å². The van der Waals surface area contributed by atoms with Gasteiger partial charge in [0.05, 0.1) is 17.8 Å². The van der Waals surface area contributed by atoms with Crippen molar-refractivity contribution in [3.63, 3.8) is 0 Å². The number of rotatable bonds is 8. The minimum atomic E-state index is -4.58. The summed E-state index contributed by atoms with van der Waals surface area (Å²) in [7, 11) is 1.58. The van der Waals surface area contributed by atoms with Gasteiger partial charge in [0.15, 0.2) is 5.69 Å². The molecule has 0 saturated heterocycles. The molecule has 1 aliphatic carbocycles. The maximum atomic E-state index is 13.1. The highest BCUT2D eigenvalue weighted by atomic mass is 35.5. The molecule has 156 valence electrons. The highest BCUT2D eigenvalue weighted by molar-refractivity contribution is 6.32. The van der Waals surface area contributed by atoms with Crippen LogP contribution < -0.4 is 10.1 Å². The molecular formula is C20H21ClF3N3O2. The second-order valence-electron chi connectivity index (χ2n) is 6.79. The second kappa shape index (κ2) is 8.90. The molecule has 0 aliphatic heterocycles. The van der Waals surface area contributed by atoms with E-state index in [0.717, 1.165) is 24.2 Å². The molecule has 1 aromatic heterocycles. The van der Waals surface area contributed by atoms with Crippen LogP contribution in [0.2, 0.25) is 5.02 Å². The number of carbonyl (C=O) groups is 1. The van der Waals surface area contributed by atoms with Crippen LogP contribution in [-0.2, 0) is 17.5 Å². The molecule has 0 spiro atoms. The summed E-state index contributed by atoms with van der Waals surface area (Å²) in [6.45, 7) is 0.568.